The van der Waals surface area contributed by atoms with E-state index < -0.39 is 51.9 Å². The Balaban J connectivity index is 0.000000160. The third kappa shape index (κ3) is 26.5. The van der Waals surface area contributed by atoms with Crippen LogP contribution in [0.25, 0.3) is 79.1 Å². The molecule has 7 N–H and O–H groups in total. The number of nitrogens with two attached hydrogens (primary N) is 1. The molecule has 14 heterocycles. The van der Waals surface area contributed by atoms with Gasteiger partial charge in [-0.2, -0.15) is 0 Å². The monoisotopic (exact) mass is 1890 g/mol. The number of benzene rings is 2. The van der Waals surface area contributed by atoms with Gasteiger partial charge in [0.2, 0.25) is 40.7 Å². The number of nitro groups is 2. The van der Waals surface area contributed by atoms with Gasteiger partial charge in [-0.1, -0.05) is 35.9 Å². The summed E-state index contributed by atoms with van der Waals surface area (Å²) in [7, 11) is 7.33. The molecule has 36 nitrogen and oxygen atoms in total. The minimum atomic E-state index is -2.31. The number of nitrogens with zero attached hydrogens (tertiary/aromatic N) is 18. The molecule has 41 heteroatoms. The van der Waals surface area contributed by atoms with Gasteiger partial charge in [0.15, 0.2) is 11.6 Å². The topological polar surface area (TPSA) is 453 Å². The van der Waals surface area contributed by atoms with Gasteiger partial charge >= 0.3 is 117 Å². The number of aromatic amines is 2. The molecule has 2 fully saturated rings. The zero-order valence-electron chi connectivity index (χ0n) is 70.9. The fourth-order valence-corrected chi connectivity index (χ4v) is 28.8. The van der Waals surface area contributed by atoms with E-state index in [0.29, 0.717) is 97.0 Å². The number of hydrogen-bond acceptors (Lipinski definition) is 30. The van der Waals surface area contributed by atoms with Gasteiger partial charge in [0.1, 0.15) is 76.9 Å². The van der Waals surface area contributed by atoms with E-state index in [4.69, 9.17) is 56.1 Å². The Morgan fingerprint density at radius 3 is 1.38 bits per heavy atom. The number of H-pyrrole nitrogens is 2. The smallest absolute Gasteiger partial charge is 0.287 e. The standard InChI is InChI=1S/C29H30FN9O3.C21H24ClFN6O2.C8H5N3O3.C8H7N3O.C5H3ClN2O2.3C4H9.C3H2NO.Sn/c1-38-9-11-39(12-10-38)24(17-41-2)27(40)36-22-5-3-4-19-20(15-33-26(19)22)25-21(30)16-34-29(37-25)35-18-6-7-23(32-14-18)28-31-8-13-42-28;1-28-6-8-29(9-7-28)17(12-31-2)20(30)26-16-5-3-4-13-14(10-24-19(13)16)18-15(23)11-25-21(22)27-18;12-11(13)6-1-2-7(10-5-6)8-9-3-4-14-8;9-6-1-2-7(11-5-6)8-10-3-4-12-8;6-5-2-1-4(3-7-5)8(9)10;3*1-3-4-2;1-2-5-3-4-1;/h3-8,13-16,24,33H,9-12,17H2,1-2H3,(H,36,40)(H,34,35,37);3-5,10-11,17,24H,6-9,12H2,1-2H3,(H,26,30);1-5H;1-5H,9H2;1-3H;3*1,3-4H2,2H3;1-2H;/t24-;17-;;;;;;;;/m11......../s1. The summed E-state index contributed by atoms with van der Waals surface area (Å²) in [6, 6.07) is 22.6. The fourth-order valence-electron chi connectivity index (χ4n) is 13.9. The van der Waals surface area contributed by atoms with E-state index in [2.05, 4.69) is 140 Å². The average molecular weight is 1890 g/mol. The SMILES string of the molecule is CCC[CH2][Sn]([CH2]CCC)([CH2]CCC)[c]1ncco1.COC[C@H](C(=O)Nc1cccc2c(-c3nc(Cl)ncc3F)c[nH]c12)N1CCN(C)CC1.COC[C@H](C(=O)Nc1cccc2c(-c3nc(Nc4ccc(-c5ncco5)nc4)ncc3F)c[nH]c12)N1CCN(C)CC1.Nc1ccc(-c2ncco2)nc1.O=[N+]([O-])c1ccc(-c2ncco2)nc1.O=[N+]([O-])c1ccc(Cl)nc1. The second kappa shape index (κ2) is 47.7. The molecule has 2 amide bonds. The minimum Gasteiger partial charge on any atom is -0.443 e. The van der Waals surface area contributed by atoms with E-state index in [-0.39, 0.29) is 57.6 Å². The number of unbranched alkanes of at least 4 members (excludes halogenated alkanes) is 3. The number of amides is 2. The van der Waals surface area contributed by atoms with Gasteiger partial charge in [0, 0.05) is 113 Å². The molecule has 2 aliphatic heterocycles. The van der Waals surface area contributed by atoms with Gasteiger partial charge in [-0.05, 0) is 74.2 Å². The van der Waals surface area contributed by atoms with E-state index in [1.54, 1.807) is 94.1 Å². The van der Waals surface area contributed by atoms with E-state index in [9.17, 15) is 34.2 Å². The van der Waals surface area contributed by atoms with Gasteiger partial charge in [0.25, 0.3) is 11.4 Å². The molecule has 0 aliphatic carbocycles. The maximum absolute atomic E-state index is 15.1. The van der Waals surface area contributed by atoms with Crippen LogP contribution in [0.1, 0.15) is 59.3 Å². The Labute approximate surface area is 743 Å². The summed E-state index contributed by atoms with van der Waals surface area (Å²) in [6.07, 6.45) is 31.6. The molecule has 0 bridgehead atoms. The van der Waals surface area contributed by atoms with Gasteiger partial charge in [-0.15, -0.1) is 0 Å². The second-order valence-electron chi connectivity index (χ2n) is 29.4. The summed E-state index contributed by atoms with van der Waals surface area (Å²) in [5.74, 6) is 0.00245. The molecule has 12 aromatic heterocycles. The first-order valence-electron chi connectivity index (χ1n) is 40.9. The molecule has 0 radical (unpaired) electrons. The van der Waals surface area contributed by atoms with Crippen LogP contribution in [0.5, 0.6) is 0 Å². The van der Waals surface area contributed by atoms with Crippen LogP contribution in [0.15, 0.2) is 202 Å². The minimum absolute atomic E-state index is 0.0372. The van der Waals surface area contributed by atoms with Crippen LogP contribution < -0.4 is 25.6 Å². The van der Waals surface area contributed by atoms with Crippen LogP contribution in [0.2, 0.25) is 23.7 Å². The number of hydrogen-bond donors (Lipinski definition) is 6. The number of anilines is 5. The van der Waals surface area contributed by atoms with Crippen LogP contribution in [0.3, 0.4) is 0 Å². The summed E-state index contributed by atoms with van der Waals surface area (Å²) >= 11 is 8.93. The Bertz CT molecular complexity index is 5720. The number of oxazole rings is 4. The molecule has 0 spiro atoms. The molecule has 14 aromatic rings. The number of fused-ring (bicyclic) bond motifs is 2. The van der Waals surface area contributed by atoms with Crippen LogP contribution in [0, 0.1) is 31.9 Å². The number of halogens is 4. The van der Waals surface area contributed by atoms with E-state index in [0.717, 1.165) is 70.9 Å². The number of likely N-dealkylation sites (N-methyl/N-ethyl adjacent to an activating group) is 2. The second-order valence-corrected chi connectivity index (χ2v) is 43.0. The summed E-state index contributed by atoms with van der Waals surface area (Å²) in [6.45, 7) is 14.2. The molecule has 0 saturated carbocycles. The molecule has 127 heavy (non-hydrogen) atoms. The first kappa shape index (κ1) is 95.1. The number of methoxy groups -OCH3 is 2. The molecule has 2 aliphatic rings. The number of rotatable bonds is 29. The third-order valence-corrected chi connectivity index (χ3v) is 35.6. The normalized spacial score (nSPS) is 13.5. The number of carbonyl (C=O) groups excluding carboxylic acids is 2. The molecule has 2 atom stereocenters. The molecule has 0 unspecified atom stereocenters. The van der Waals surface area contributed by atoms with Crippen LogP contribution in [0.4, 0.5) is 48.9 Å². The summed E-state index contributed by atoms with van der Waals surface area (Å²) < 4.78 is 66.6. The van der Waals surface area contributed by atoms with Crippen LogP contribution >= 0.6 is 23.2 Å². The van der Waals surface area contributed by atoms with Crippen molar-refractivity contribution in [2.24, 2.45) is 0 Å². The number of ether oxygens (including phenoxy) is 2. The fraction of sp³-hybridized carbons (Fsp3) is 0.326. The first-order valence-corrected chi connectivity index (χ1v) is 49.1. The summed E-state index contributed by atoms with van der Waals surface area (Å²) in [5.41, 5.74) is 12.2. The van der Waals surface area contributed by atoms with Crippen LogP contribution in [-0.4, -0.2) is 235 Å². The third-order valence-electron chi connectivity index (χ3n) is 20.7. The van der Waals surface area contributed by atoms with Crippen molar-refractivity contribution >= 4 is 119 Å². The molecule has 2 saturated heterocycles. The van der Waals surface area contributed by atoms with Crippen molar-refractivity contribution < 1.29 is 55.4 Å². The molecule has 666 valence electrons. The zero-order chi connectivity index (χ0) is 90.2. The summed E-state index contributed by atoms with van der Waals surface area (Å²) in [5, 5.41) is 31.1. The van der Waals surface area contributed by atoms with Gasteiger partial charge in [0.05, 0.1) is 100 Å². The number of piperazine rings is 2. The number of para-hydroxylation sites is 2. The van der Waals surface area contributed by atoms with E-state index >= 15 is 4.39 Å². The Kier molecular flexibility index (Phi) is 35.7. The summed E-state index contributed by atoms with van der Waals surface area (Å²) in [4.78, 5) is 109. The maximum Gasteiger partial charge on any atom is 0.287 e. The van der Waals surface area contributed by atoms with Crippen molar-refractivity contribution in [3.05, 3.63) is 227 Å². The number of carbonyl (C=O) groups is 2. The quantitative estimate of drug-likeness (QED) is 0.00833. The van der Waals surface area contributed by atoms with Crippen molar-refractivity contribution in [2.75, 3.05) is 116 Å². The maximum atomic E-state index is 15.1. The zero-order valence-corrected chi connectivity index (χ0v) is 75.3. The number of nitrogens with one attached hydrogen (secondary N) is 5. The van der Waals surface area contributed by atoms with Crippen molar-refractivity contribution in [3.8, 4) is 57.3 Å². The largest absolute Gasteiger partial charge is 0.443 e. The molecular weight excluding hydrogens is 1790 g/mol. The van der Waals surface area contributed by atoms with Crippen molar-refractivity contribution in [1.29, 1.82) is 0 Å². The van der Waals surface area contributed by atoms with Crippen molar-refractivity contribution in [3.63, 3.8) is 0 Å². The first-order chi connectivity index (χ1) is 61.6. The molecular formula is C86H98Cl2F2N24O12Sn. The predicted molar refractivity (Wildman–Crippen MR) is 481 cm³/mol. The molecule has 2 aromatic carbocycles. The Morgan fingerprint density at radius 1 is 0.535 bits per heavy atom. The average Bonchev–Trinajstić information content (AvgIpc) is 1.58. The molecule has 16 rings (SSSR count). The van der Waals surface area contributed by atoms with Crippen LogP contribution in [-0.2, 0) is 19.1 Å². The van der Waals surface area contributed by atoms with E-state index in [1.807, 2.05) is 30.5 Å². The van der Waals surface area contributed by atoms with Gasteiger partial charge in [-0.3, -0.25) is 39.6 Å². The Morgan fingerprint density at radius 2 is 0.976 bits per heavy atom. The Hall–Kier alpha value is -12.5. The number of pyridine rings is 4. The number of aromatic nitrogens is 14. The van der Waals surface area contributed by atoms with Crippen molar-refractivity contribution in [1.82, 2.24) is 89.4 Å². The van der Waals surface area contributed by atoms with Crippen molar-refractivity contribution in [2.45, 2.75) is 84.7 Å². The van der Waals surface area contributed by atoms with Gasteiger partial charge < -0.3 is 64.2 Å². The predicted octanol–water partition coefficient (Wildman–Crippen LogP) is 15.7. The van der Waals surface area contributed by atoms with Gasteiger partial charge in [-0.25, -0.2) is 63.6 Å². The van der Waals surface area contributed by atoms with E-state index in [1.165, 1.54) is 111 Å². The number of nitrogen functional groups attached to an aromatic ring is 1.